The van der Waals surface area contributed by atoms with Gasteiger partial charge in [0.2, 0.25) is 0 Å². The lowest BCUT2D eigenvalue weighted by Crippen LogP contribution is -2.39. The summed E-state index contributed by atoms with van der Waals surface area (Å²) >= 11 is 0. The van der Waals surface area contributed by atoms with Crippen molar-refractivity contribution < 1.29 is 4.79 Å². The van der Waals surface area contributed by atoms with Gasteiger partial charge in [-0.15, -0.1) is 5.10 Å². The Labute approximate surface area is 210 Å². The van der Waals surface area contributed by atoms with E-state index in [0.717, 1.165) is 11.1 Å². The number of aromatic nitrogens is 4. The van der Waals surface area contributed by atoms with E-state index >= 15 is 0 Å². The number of carbonyl (C=O) groups is 1. The highest BCUT2D eigenvalue weighted by Crippen LogP contribution is 2.32. The van der Waals surface area contributed by atoms with Gasteiger partial charge >= 0.3 is 0 Å². The zero-order chi connectivity index (χ0) is 25.7. The molecule has 4 aromatic rings. The van der Waals surface area contributed by atoms with E-state index < -0.39 is 0 Å². The molecular weight excluding hydrogens is 452 g/mol. The first-order valence-electron chi connectivity index (χ1n) is 12.2. The van der Waals surface area contributed by atoms with E-state index in [2.05, 4.69) is 15.2 Å². The maximum Gasteiger partial charge on any atom is 0.282 e. The first-order valence-corrected chi connectivity index (χ1v) is 12.2. The van der Waals surface area contributed by atoms with E-state index in [-0.39, 0.29) is 28.9 Å². The van der Waals surface area contributed by atoms with Crippen molar-refractivity contribution >= 4 is 16.9 Å². The molecule has 0 spiro atoms. The van der Waals surface area contributed by atoms with E-state index in [9.17, 15) is 9.59 Å². The number of fused-ring (bicyclic) bond motifs is 1. The molecule has 2 aromatic carbocycles. The monoisotopic (exact) mass is 484 g/mol. The number of benzene rings is 2. The van der Waals surface area contributed by atoms with Crippen molar-refractivity contribution in [3.63, 3.8) is 0 Å². The third kappa shape index (κ3) is 5.33. The highest BCUT2D eigenvalue weighted by atomic mass is 16.2. The molecule has 1 unspecified atom stereocenters. The second-order valence-corrected chi connectivity index (χ2v) is 9.36. The predicted molar refractivity (Wildman–Crippen MR) is 141 cm³/mol. The van der Waals surface area contributed by atoms with Crippen molar-refractivity contribution in [1.29, 1.82) is 0 Å². The Morgan fingerprint density at radius 3 is 2.44 bits per heavy atom. The highest BCUT2D eigenvalue weighted by Gasteiger charge is 2.31. The van der Waals surface area contributed by atoms with Crippen molar-refractivity contribution in [3.05, 3.63) is 99.7 Å². The number of hydrogen-bond donors (Lipinski definition) is 1. The van der Waals surface area contributed by atoms with Crippen molar-refractivity contribution in [1.82, 2.24) is 24.6 Å². The van der Waals surface area contributed by atoms with Gasteiger partial charge in [-0.1, -0.05) is 61.9 Å². The molecule has 1 amide bonds. The van der Waals surface area contributed by atoms with Gasteiger partial charge in [-0.05, 0) is 43.5 Å². The fraction of sp³-hybridized carbons (Fsp3) is 0.321. The second kappa shape index (κ2) is 11.2. The number of amides is 1. The summed E-state index contributed by atoms with van der Waals surface area (Å²) in [7, 11) is 0. The summed E-state index contributed by atoms with van der Waals surface area (Å²) in [6.07, 6.45) is 3.82. The minimum atomic E-state index is -0.361. The quantitative estimate of drug-likeness (QED) is 0.388. The van der Waals surface area contributed by atoms with Crippen LogP contribution in [-0.2, 0) is 6.54 Å². The number of nitrogens with two attached hydrogens (primary N) is 1. The van der Waals surface area contributed by atoms with Gasteiger partial charge < -0.3 is 10.6 Å². The molecule has 0 radical (unpaired) electrons. The van der Waals surface area contributed by atoms with Gasteiger partial charge in [0.1, 0.15) is 5.52 Å². The lowest BCUT2D eigenvalue weighted by Gasteiger charge is -2.35. The summed E-state index contributed by atoms with van der Waals surface area (Å²) in [4.78, 5) is 33.5. The standard InChI is InChI=1S/C28H32N6O2/c1-19(2)26(34(15-7-14-29)27(35)22-12-10-20(3)11-13-22)23-16-31-32-25-24(23)30-18-33(28(25)36)17-21-8-5-4-6-9-21/h4-6,8-13,16,18-19,26H,7,14-15,17,29H2,1-3H3. The van der Waals surface area contributed by atoms with Gasteiger partial charge in [0.05, 0.1) is 25.1 Å². The van der Waals surface area contributed by atoms with Gasteiger partial charge in [-0.2, -0.15) is 5.10 Å². The zero-order valence-electron chi connectivity index (χ0n) is 21.0. The lowest BCUT2D eigenvalue weighted by atomic mass is 9.93. The van der Waals surface area contributed by atoms with E-state index in [1.165, 1.54) is 4.57 Å². The molecule has 36 heavy (non-hydrogen) atoms. The molecule has 1 atom stereocenters. The highest BCUT2D eigenvalue weighted by molar-refractivity contribution is 5.95. The summed E-state index contributed by atoms with van der Waals surface area (Å²) in [5, 5.41) is 8.32. The summed E-state index contributed by atoms with van der Waals surface area (Å²) in [6.45, 7) is 7.40. The average molecular weight is 485 g/mol. The van der Waals surface area contributed by atoms with Gasteiger partial charge in [-0.3, -0.25) is 14.2 Å². The smallest absolute Gasteiger partial charge is 0.282 e. The molecule has 0 saturated carbocycles. The van der Waals surface area contributed by atoms with Crippen LogP contribution < -0.4 is 11.3 Å². The number of hydrogen-bond acceptors (Lipinski definition) is 6. The first kappa shape index (κ1) is 25.2. The Balaban J connectivity index is 1.79. The molecule has 2 aromatic heterocycles. The number of aryl methyl sites for hydroxylation is 1. The van der Waals surface area contributed by atoms with Gasteiger partial charge in [-0.25, -0.2) is 4.98 Å². The van der Waals surface area contributed by atoms with Crippen LogP contribution in [0.1, 0.15) is 53.4 Å². The Morgan fingerprint density at radius 2 is 1.78 bits per heavy atom. The molecule has 0 fully saturated rings. The minimum Gasteiger partial charge on any atom is -0.331 e. The first-order chi connectivity index (χ1) is 17.4. The molecule has 0 bridgehead atoms. The minimum absolute atomic E-state index is 0.0260. The van der Waals surface area contributed by atoms with Crippen molar-refractivity contribution in [3.8, 4) is 0 Å². The predicted octanol–water partition coefficient (Wildman–Crippen LogP) is 3.73. The molecule has 8 heteroatoms. The van der Waals surface area contributed by atoms with Gasteiger partial charge in [0, 0.05) is 17.7 Å². The maximum absolute atomic E-state index is 13.7. The van der Waals surface area contributed by atoms with Crippen LogP contribution in [0.4, 0.5) is 0 Å². The molecule has 0 aliphatic carbocycles. The largest absolute Gasteiger partial charge is 0.331 e. The van der Waals surface area contributed by atoms with Crippen LogP contribution in [0, 0.1) is 12.8 Å². The number of nitrogens with zero attached hydrogens (tertiary/aromatic N) is 5. The Kier molecular flexibility index (Phi) is 7.85. The second-order valence-electron chi connectivity index (χ2n) is 9.36. The van der Waals surface area contributed by atoms with Gasteiger partial charge in [0.15, 0.2) is 5.52 Å². The third-order valence-corrected chi connectivity index (χ3v) is 6.29. The fourth-order valence-electron chi connectivity index (χ4n) is 4.48. The van der Waals surface area contributed by atoms with Crippen molar-refractivity contribution in [2.24, 2.45) is 11.7 Å². The maximum atomic E-state index is 13.7. The van der Waals surface area contributed by atoms with Gasteiger partial charge in [0.25, 0.3) is 11.5 Å². The van der Waals surface area contributed by atoms with Crippen LogP contribution in [0.25, 0.3) is 11.0 Å². The molecule has 0 saturated heterocycles. The summed E-state index contributed by atoms with van der Waals surface area (Å²) < 4.78 is 1.53. The molecule has 186 valence electrons. The average Bonchev–Trinajstić information content (AvgIpc) is 2.88. The fourth-order valence-corrected chi connectivity index (χ4v) is 4.48. The van der Waals surface area contributed by atoms with E-state index in [1.807, 2.05) is 80.3 Å². The molecule has 2 N–H and O–H groups in total. The van der Waals surface area contributed by atoms with E-state index in [1.54, 1.807) is 12.5 Å². The summed E-state index contributed by atoms with van der Waals surface area (Å²) in [5.41, 5.74) is 9.60. The Morgan fingerprint density at radius 1 is 1.06 bits per heavy atom. The molecule has 0 aliphatic rings. The normalized spacial score (nSPS) is 12.1. The third-order valence-electron chi connectivity index (χ3n) is 6.29. The zero-order valence-corrected chi connectivity index (χ0v) is 21.0. The van der Waals surface area contributed by atoms with Crippen LogP contribution in [0.2, 0.25) is 0 Å². The number of rotatable bonds is 9. The van der Waals surface area contributed by atoms with Crippen LogP contribution in [-0.4, -0.2) is 43.6 Å². The molecule has 4 rings (SSSR count). The molecule has 8 nitrogen and oxygen atoms in total. The van der Waals surface area contributed by atoms with E-state index in [4.69, 9.17) is 5.73 Å². The van der Waals surface area contributed by atoms with Crippen LogP contribution in [0.3, 0.4) is 0 Å². The lowest BCUT2D eigenvalue weighted by molar-refractivity contribution is 0.0622. The van der Waals surface area contributed by atoms with E-state index in [0.29, 0.717) is 42.7 Å². The molecular formula is C28H32N6O2. The van der Waals surface area contributed by atoms with Crippen LogP contribution >= 0.6 is 0 Å². The van der Waals surface area contributed by atoms with Crippen molar-refractivity contribution in [2.45, 2.75) is 39.8 Å². The Hall–Kier alpha value is -3.91. The van der Waals surface area contributed by atoms with Crippen LogP contribution in [0.15, 0.2) is 71.9 Å². The van der Waals surface area contributed by atoms with Crippen molar-refractivity contribution in [2.75, 3.05) is 13.1 Å². The topological polar surface area (TPSA) is 107 Å². The summed E-state index contributed by atoms with van der Waals surface area (Å²) in [5.74, 6) is -0.0670. The Bertz CT molecular complexity index is 1380. The SMILES string of the molecule is Cc1ccc(C(=O)N(CCCN)C(c2cnnc3c(=O)n(Cc4ccccc4)cnc23)C(C)C)cc1. The number of carbonyl (C=O) groups excluding carboxylic acids is 1. The molecule has 0 aliphatic heterocycles. The molecule has 2 heterocycles. The summed E-state index contributed by atoms with van der Waals surface area (Å²) in [6, 6.07) is 16.9. The van der Waals surface area contributed by atoms with Crippen LogP contribution in [0.5, 0.6) is 0 Å².